The van der Waals surface area contributed by atoms with Crippen LogP contribution in [0.4, 0.5) is 4.79 Å². The van der Waals surface area contributed by atoms with Gasteiger partial charge in [-0.1, -0.05) is 19.9 Å². The van der Waals surface area contributed by atoms with Crippen LogP contribution in [0.2, 0.25) is 0 Å². The van der Waals surface area contributed by atoms with Crippen LogP contribution in [0.25, 0.3) is 0 Å². The van der Waals surface area contributed by atoms with E-state index >= 15 is 0 Å². The van der Waals surface area contributed by atoms with Gasteiger partial charge in [0.25, 0.3) is 0 Å². The second-order valence-corrected chi connectivity index (χ2v) is 4.77. The van der Waals surface area contributed by atoms with Crippen molar-refractivity contribution < 1.29 is 19.1 Å². The summed E-state index contributed by atoms with van der Waals surface area (Å²) in [5.74, 6) is -0.579. The number of rotatable bonds is 5. The van der Waals surface area contributed by atoms with E-state index < -0.39 is 18.1 Å². The van der Waals surface area contributed by atoms with E-state index in [9.17, 15) is 9.59 Å². The van der Waals surface area contributed by atoms with Gasteiger partial charge in [-0.25, -0.2) is 9.59 Å². The molecule has 1 N–H and O–H groups in total. The lowest BCUT2D eigenvalue weighted by Crippen LogP contribution is -2.45. The van der Waals surface area contributed by atoms with Crippen molar-refractivity contribution in [2.45, 2.75) is 33.4 Å². The fourth-order valence-corrected chi connectivity index (χ4v) is 1.53. The first-order chi connectivity index (χ1) is 9.43. The monoisotopic (exact) mass is 280 g/mol. The fraction of sp³-hybridized carbons (Fsp3) is 0.500. The Labute approximate surface area is 118 Å². The van der Waals surface area contributed by atoms with Gasteiger partial charge in [-0.05, 0) is 18.9 Å². The third-order valence-electron chi connectivity index (χ3n) is 2.74. The highest BCUT2D eigenvalue weighted by atomic mass is 16.6. The number of nitrogens with zero attached hydrogens (tertiary/aromatic N) is 1. The molecule has 0 saturated heterocycles. The molecule has 1 aromatic rings. The zero-order valence-electron chi connectivity index (χ0n) is 12.2. The summed E-state index contributed by atoms with van der Waals surface area (Å²) in [5, 5.41) is 2.49. The van der Waals surface area contributed by atoms with Gasteiger partial charge in [0.15, 0.2) is 0 Å². The van der Waals surface area contributed by atoms with E-state index in [4.69, 9.17) is 4.74 Å². The molecule has 1 amide bonds. The number of carbonyl (C=O) groups excluding carboxylic acids is 2. The van der Waals surface area contributed by atoms with E-state index in [2.05, 4.69) is 15.0 Å². The molecule has 1 rings (SSSR count). The first-order valence-corrected chi connectivity index (χ1v) is 6.36. The average Bonchev–Trinajstić information content (AvgIpc) is 2.43. The SMILES string of the molecule is COC(=O)[C@@H](NC(=O)OCc1ccc(C)nc1)C(C)C. The third-order valence-corrected chi connectivity index (χ3v) is 2.74. The molecular formula is C14H20N2O4. The smallest absolute Gasteiger partial charge is 0.408 e. The molecule has 0 aromatic carbocycles. The highest BCUT2D eigenvalue weighted by molar-refractivity contribution is 5.81. The largest absolute Gasteiger partial charge is 0.467 e. The molecule has 1 aromatic heterocycles. The minimum Gasteiger partial charge on any atom is -0.467 e. The van der Waals surface area contributed by atoms with Gasteiger partial charge in [0.2, 0.25) is 0 Å². The second kappa shape index (κ2) is 7.47. The van der Waals surface area contributed by atoms with Crippen LogP contribution in [-0.2, 0) is 20.9 Å². The molecule has 0 saturated carbocycles. The summed E-state index contributed by atoms with van der Waals surface area (Å²) in [6, 6.07) is 2.95. The number of pyridine rings is 1. The summed E-state index contributed by atoms with van der Waals surface area (Å²) < 4.78 is 9.68. The maximum absolute atomic E-state index is 11.7. The first-order valence-electron chi connectivity index (χ1n) is 6.36. The van der Waals surface area contributed by atoms with Crippen LogP contribution in [0.1, 0.15) is 25.1 Å². The molecule has 1 heterocycles. The Kier molecular flexibility index (Phi) is 5.96. The zero-order chi connectivity index (χ0) is 15.1. The molecular weight excluding hydrogens is 260 g/mol. The summed E-state index contributed by atoms with van der Waals surface area (Å²) in [7, 11) is 1.28. The minimum atomic E-state index is -0.719. The maximum atomic E-state index is 11.7. The molecule has 0 radical (unpaired) electrons. The van der Waals surface area contributed by atoms with Crippen LogP contribution in [0.5, 0.6) is 0 Å². The summed E-state index contributed by atoms with van der Waals surface area (Å²) in [5.41, 5.74) is 1.67. The summed E-state index contributed by atoms with van der Waals surface area (Å²) in [4.78, 5) is 27.3. The van der Waals surface area contributed by atoms with Crippen molar-refractivity contribution >= 4 is 12.1 Å². The Morgan fingerprint density at radius 1 is 1.35 bits per heavy atom. The van der Waals surface area contributed by atoms with Gasteiger partial charge in [0.1, 0.15) is 12.6 Å². The summed E-state index contributed by atoms with van der Waals surface area (Å²) >= 11 is 0. The van der Waals surface area contributed by atoms with Crippen LogP contribution >= 0.6 is 0 Å². The standard InChI is InChI=1S/C14H20N2O4/c1-9(2)12(13(17)19-4)16-14(18)20-8-11-6-5-10(3)15-7-11/h5-7,9,12H,8H2,1-4H3,(H,16,18)/t12-/m0/s1. The van der Waals surface area contributed by atoms with Gasteiger partial charge >= 0.3 is 12.1 Å². The molecule has 0 aliphatic heterocycles. The molecule has 0 bridgehead atoms. The van der Waals surface area contributed by atoms with Gasteiger partial charge < -0.3 is 14.8 Å². The lowest BCUT2D eigenvalue weighted by molar-refractivity contribution is -0.144. The van der Waals surface area contributed by atoms with Gasteiger partial charge in [-0.3, -0.25) is 4.98 Å². The number of aromatic nitrogens is 1. The molecule has 20 heavy (non-hydrogen) atoms. The zero-order valence-corrected chi connectivity index (χ0v) is 12.2. The number of methoxy groups -OCH3 is 1. The summed E-state index contributed by atoms with van der Waals surface area (Å²) in [6.45, 7) is 5.60. The Hall–Kier alpha value is -2.11. The van der Waals surface area contributed by atoms with Gasteiger partial charge in [0.05, 0.1) is 7.11 Å². The molecule has 110 valence electrons. The number of esters is 1. The average molecular weight is 280 g/mol. The van der Waals surface area contributed by atoms with Gasteiger partial charge in [-0.15, -0.1) is 0 Å². The predicted molar refractivity (Wildman–Crippen MR) is 72.9 cm³/mol. The third kappa shape index (κ3) is 4.87. The lowest BCUT2D eigenvalue weighted by atomic mass is 10.1. The van der Waals surface area contributed by atoms with Gasteiger partial charge in [-0.2, -0.15) is 0 Å². The minimum absolute atomic E-state index is 0.0870. The molecule has 0 unspecified atom stereocenters. The number of alkyl carbamates (subject to hydrolysis) is 1. The highest BCUT2D eigenvalue weighted by Crippen LogP contribution is 2.05. The van der Waals surface area contributed by atoms with Crippen molar-refractivity contribution in [1.29, 1.82) is 0 Å². The van der Waals surface area contributed by atoms with E-state index in [1.54, 1.807) is 6.20 Å². The molecule has 0 fully saturated rings. The molecule has 1 atom stereocenters. The second-order valence-electron chi connectivity index (χ2n) is 4.77. The number of nitrogens with one attached hydrogen (secondary N) is 1. The van der Waals surface area contributed by atoms with Gasteiger partial charge in [0, 0.05) is 17.5 Å². The Bertz CT molecular complexity index is 457. The number of amides is 1. The molecule has 6 nitrogen and oxygen atoms in total. The van der Waals surface area contributed by atoms with Crippen molar-refractivity contribution in [2.24, 2.45) is 5.92 Å². The normalized spacial score (nSPS) is 11.8. The number of hydrogen-bond donors (Lipinski definition) is 1. The maximum Gasteiger partial charge on any atom is 0.408 e. The van der Waals surface area contributed by atoms with E-state index in [-0.39, 0.29) is 12.5 Å². The topological polar surface area (TPSA) is 77.5 Å². The van der Waals surface area contributed by atoms with E-state index in [1.165, 1.54) is 7.11 Å². The quantitative estimate of drug-likeness (QED) is 0.832. The van der Waals surface area contributed by atoms with Crippen molar-refractivity contribution in [3.05, 3.63) is 29.6 Å². The lowest BCUT2D eigenvalue weighted by Gasteiger charge is -2.19. The number of carbonyl (C=O) groups is 2. The van der Waals surface area contributed by atoms with E-state index in [0.29, 0.717) is 0 Å². The molecule has 0 aliphatic carbocycles. The van der Waals surface area contributed by atoms with Crippen LogP contribution < -0.4 is 5.32 Å². The van der Waals surface area contributed by atoms with Crippen molar-refractivity contribution in [3.63, 3.8) is 0 Å². The Morgan fingerprint density at radius 3 is 2.55 bits per heavy atom. The van der Waals surface area contributed by atoms with Crippen LogP contribution in [-0.4, -0.2) is 30.2 Å². The van der Waals surface area contributed by atoms with E-state index in [1.807, 2.05) is 32.9 Å². The van der Waals surface area contributed by atoms with Crippen molar-refractivity contribution in [3.8, 4) is 0 Å². The molecule has 6 heteroatoms. The highest BCUT2D eigenvalue weighted by Gasteiger charge is 2.25. The molecule has 0 spiro atoms. The number of hydrogen-bond acceptors (Lipinski definition) is 5. The Morgan fingerprint density at radius 2 is 2.05 bits per heavy atom. The predicted octanol–water partition coefficient (Wildman–Crippen LogP) is 1.81. The first kappa shape index (κ1) is 15.9. The molecule has 0 aliphatic rings. The number of ether oxygens (including phenoxy) is 2. The van der Waals surface area contributed by atoms with Crippen molar-refractivity contribution in [2.75, 3.05) is 7.11 Å². The van der Waals surface area contributed by atoms with Crippen molar-refractivity contribution in [1.82, 2.24) is 10.3 Å². The van der Waals surface area contributed by atoms with Crippen LogP contribution in [0.3, 0.4) is 0 Å². The van der Waals surface area contributed by atoms with E-state index in [0.717, 1.165) is 11.3 Å². The fourth-order valence-electron chi connectivity index (χ4n) is 1.53. The summed E-state index contributed by atoms with van der Waals surface area (Å²) in [6.07, 6.45) is 0.984. The van der Waals surface area contributed by atoms with Crippen LogP contribution in [0, 0.1) is 12.8 Å². The van der Waals surface area contributed by atoms with Crippen LogP contribution in [0.15, 0.2) is 18.3 Å². The number of aryl methyl sites for hydroxylation is 1. The Balaban J connectivity index is 2.49.